The van der Waals surface area contributed by atoms with Crippen molar-refractivity contribution in [3.63, 3.8) is 0 Å². The van der Waals surface area contributed by atoms with Crippen molar-refractivity contribution in [2.45, 2.75) is 276 Å². The second-order valence-electron chi connectivity index (χ2n) is 34.0. The number of hydrogen-bond donors (Lipinski definition) is 7. The summed E-state index contributed by atoms with van der Waals surface area (Å²) < 4.78 is 226. The highest BCUT2D eigenvalue weighted by Crippen LogP contribution is 2.37. The molecule has 4 atom stereocenters. The second-order valence-corrected chi connectivity index (χ2v) is 37.2. The van der Waals surface area contributed by atoms with Gasteiger partial charge in [0.25, 0.3) is 5.69 Å². The van der Waals surface area contributed by atoms with Gasteiger partial charge in [0.2, 0.25) is 17.6 Å². The van der Waals surface area contributed by atoms with Crippen molar-refractivity contribution in [3.05, 3.63) is 225 Å². The number of nitrogens with one attached hydrogen (secondary N) is 6. The predicted octanol–water partition coefficient (Wildman–Crippen LogP) is 21.9. The number of alkyl halides is 15. The molecule has 0 saturated heterocycles. The summed E-state index contributed by atoms with van der Waals surface area (Å²) in [5, 5.41) is 62.6. The zero-order chi connectivity index (χ0) is 105. The van der Waals surface area contributed by atoms with Crippen LogP contribution in [-0.4, -0.2) is 156 Å². The molecule has 808 valence electrons. The van der Waals surface area contributed by atoms with Gasteiger partial charge in [-0.15, -0.1) is 30.6 Å². The number of halogens is 16. The molecule has 8 N–H and O–H groups in total. The molecular weight excluding hydrogens is 2040 g/mol. The number of fused-ring (bicyclic) bond motifs is 1. The molecule has 6 amide bonds. The van der Waals surface area contributed by atoms with Crippen LogP contribution in [0.4, 0.5) is 102 Å². The van der Waals surface area contributed by atoms with Crippen molar-refractivity contribution in [2.24, 2.45) is 5.84 Å². The smallest absolute Gasteiger partial charge is 0.466 e. The number of benzene rings is 3. The monoisotopic (exact) mass is 2150 g/mol. The molecule has 0 aliphatic carbocycles. The van der Waals surface area contributed by atoms with Crippen molar-refractivity contribution < 1.29 is 133 Å². The third-order valence-electron chi connectivity index (χ3n) is 19.1. The maximum absolute atomic E-state index is 14.0. The van der Waals surface area contributed by atoms with E-state index in [1.54, 1.807) is 81.4 Å². The standard InChI is InChI=1S/C27H30F3N5O6S.C23H23F4N5O4S.C22H17F6N5O2S.C16H23F3N4O3.6CH4/c1-5-40-23(36)14-18-13-17(7-9-20(18)35(38)39)24-34-33-22(42-24)11-8-19(32-25(37)41-26(2,3)4)12-16-6-10-21(31-15-16)27(28,29)30;1-22(2,3)36-21(33)29-15(10-13-4-8-18(28-12-13)23(25,26)27)6-9-19-30-31-20(37-19)14-5-7-17(32(34)35)16(24)11-14;23-21(24,25)16-5-1-11(10-29-16)7-14(30-20(35)22(26,27)28)3-6-18-32-33-19(36-18)12-2-4-15-13(8-12)9-17(34)31-15;1-15(2,3)26-14(25)22-11(5-7-13(24)23-20)8-10-4-6-12(21-9-10)16(17,18)19;;;;;;/h6-7,9-10,13,15,19H,5,8,11-12,14H2,1-4H3,(H,32,37);4-5,7-8,11-12,15H,6,9-10H2,1-3H3,(H,29,33);1-2,4-5,8,10,14H,3,6-7,9H2,(H,30,35)(H,31,34);4,6,9,11H,5,7-8,20H2,1-3H3,(H,22,25)(H,23,24);6*1H4/t19-;15-;14-;11-;;;;;;/m0010....../s1. The van der Waals surface area contributed by atoms with Gasteiger partial charge in [0, 0.05) is 115 Å². The van der Waals surface area contributed by atoms with Crippen LogP contribution in [0.5, 0.6) is 0 Å². The lowest BCUT2D eigenvalue weighted by atomic mass is 10.0. The third kappa shape index (κ3) is 43.8. The first kappa shape index (κ1) is 129. The van der Waals surface area contributed by atoms with E-state index in [-0.39, 0.29) is 138 Å². The summed E-state index contributed by atoms with van der Waals surface area (Å²) in [5.74, 6) is 0.749. The molecule has 34 nitrogen and oxygen atoms in total. The number of hydrogen-bond acceptors (Lipinski definition) is 29. The Morgan fingerprint density at radius 2 is 0.776 bits per heavy atom. The lowest BCUT2D eigenvalue weighted by molar-refractivity contribution is -0.387. The number of aromatic nitrogens is 10. The van der Waals surface area contributed by atoms with Crippen LogP contribution in [0.1, 0.15) is 217 Å². The van der Waals surface area contributed by atoms with Gasteiger partial charge in [-0.2, -0.15) is 70.2 Å². The molecule has 0 bridgehead atoms. The van der Waals surface area contributed by atoms with E-state index in [1.807, 2.05) is 16.8 Å². The number of nitrogens with two attached hydrogens (primary N) is 1. The van der Waals surface area contributed by atoms with E-state index in [9.17, 15) is 124 Å². The van der Waals surface area contributed by atoms with Gasteiger partial charge >= 0.3 is 66.7 Å². The van der Waals surface area contributed by atoms with Crippen LogP contribution in [0, 0.1) is 26.0 Å². The number of carbonyl (C=O) groups is 7. The largest absolute Gasteiger partial charge is 0.471 e. The Balaban J connectivity index is 0.000000661. The van der Waals surface area contributed by atoms with Gasteiger partial charge in [0.15, 0.2) is 0 Å². The van der Waals surface area contributed by atoms with Crippen LogP contribution in [0.2, 0.25) is 0 Å². The minimum atomic E-state index is -5.11. The Morgan fingerprint density at radius 1 is 0.449 bits per heavy atom. The molecule has 0 saturated carbocycles. The third-order valence-corrected chi connectivity index (χ3v) is 22.2. The number of aryl methyl sites for hydroxylation is 3. The van der Waals surface area contributed by atoms with Crippen molar-refractivity contribution in [1.82, 2.24) is 77.2 Å². The Hall–Kier alpha value is -13.7. The first-order valence-electron chi connectivity index (χ1n) is 42.4. The van der Waals surface area contributed by atoms with Gasteiger partial charge in [0.1, 0.15) is 69.6 Å². The highest BCUT2D eigenvalue weighted by Gasteiger charge is 2.41. The fourth-order valence-electron chi connectivity index (χ4n) is 12.8. The Labute approximate surface area is 848 Å². The molecule has 147 heavy (non-hydrogen) atoms. The number of anilines is 1. The molecule has 11 rings (SSSR count). The average Bonchev–Trinajstić information content (AvgIpc) is 1.76. The summed E-state index contributed by atoms with van der Waals surface area (Å²) in [6.45, 7) is 17.1. The van der Waals surface area contributed by atoms with E-state index < -0.39 is 152 Å². The summed E-state index contributed by atoms with van der Waals surface area (Å²) in [6, 6.07) is 18.8. The van der Waals surface area contributed by atoms with Gasteiger partial charge in [0.05, 0.1) is 29.3 Å². The highest BCUT2D eigenvalue weighted by molar-refractivity contribution is 7.15. The molecule has 0 spiro atoms. The highest BCUT2D eigenvalue weighted by atomic mass is 32.1. The van der Waals surface area contributed by atoms with E-state index in [0.29, 0.717) is 83.5 Å². The van der Waals surface area contributed by atoms with Crippen molar-refractivity contribution in [3.8, 4) is 31.7 Å². The molecule has 10 aromatic rings. The average molecular weight is 2150 g/mol. The number of carbonyl (C=O) groups excluding carboxylic acids is 7. The Kier molecular flexibility index (Phi) is 49.5. The number of pyridine rings is 4. The molecule has 3 aromatic carbocycles. The van der Waals surface area contributed by atoms with Gasteiger partial charge in [-0.1, -0.05) is 103 Å². The molecule has 1 aliphatic heterocycles. The van der Waals surface area contributed by atoms with Gasteiger partial charge in [-0.25, -0.2) is 20.2 Å². The lowest BCUT2D eigenvalue weighted by Gasteiger charge is -2.23. The number of nitro groups is 2. The number of alkyl carbamates (subject to hydrolysis) is 3. The first-order valence-corrected chi connectivity index (χ1v) is 44.8. The number of nitrogens with zero attached hydrogens (tertiary/aromatic N) is 12. The maximum Gasteiger partial charge on any atom is 0.471 e. The van der Waals surface area contributed by atoms with E-state index in [2.05, 4.69) is 71.8 Å². The quantitative estimate of drug-likeness (QED) is 0.00391. The zero-order valence-corrected chi connectivity index (χ0v) is 78.8. The fraction of sp³-hybridized carbons (Fsp3) is 0.457. The van der Waals surface area contributed by atoms with Crippen LogP contribution in [-0.2, 0) is 121 Å². The van der Waals surface area contributed by atoms with Crippen LogP contribution in [0.25, 0.3) is 31.7 Å². The molecule has 1 aliphatic rings. The van der Waals surface area contributed by atoms with Crippen molar-refractivity contribution >= 4 is 93.0 Å². The molecule has 0 unspecified atom stereocenters. The van der Waals surface area contributed by atoms with Crippen LogP contribution in [0.15, 0.2) is 128 Å². The fourth-order valence-corrected chi connectivity index (χ4v) is 15.4. The maximum atomic E-state index is 14.0. The number of hydrazine groups is 1. The number of amides is 6. The molecule has 7 aromatic heterocycles. The normalized spacial score (nSPS) is 12.6. The van der Waals surface area contributed by atoms with Crippen LogP contribution in [0.3, 0.4) is 0 Å². The van der Waals surface area contributed by atoms with E-state index in [0.717, 1.165) is 95.4 Å². The SMILES string of the molecule is C.C.C.C.C.C.CC(C)(C)OC(=O)N[C@@H](CCC(=O)NN)Cc1ccc(C(F)(F)F)nc1.CC(C)(C)OC(=O)N[C@@H](CCc1nnc(-c2ccc([N+](=O)[O-])c(F)c2)s1)Cc1ccc(C(F)(F)F)nc1.CCOC(=O)Cc1cc(-c2nnc(CC[C@@H](Cc3ccc(C(F)(F)F)nc3)NC(=O)OC(C)(C)C)s2)ccc1[N+](=O)[O-].O=C1Cc2cc(-c3nnc(CC[C@H](Cc4ccc(C(F)(F)F)nc4)NC(=O)C(F)(F)F)s3)ccc2N1. The molecular formula is C94H117F16N19O15S3. The van der Waals surface area contributed by atoms with Gasteiger partial charge in [-0.3, -0.25) is 64.8 Å². The van der Waals surface area contributed by atoms with Gasteiger partial charge < -0.3 is 45.5 Å². The minimum absolute atomic E-state index is 0. The Morgan fingerprint density at radius 3 is 1.08 bits per heavy atom. The number of nitro benzene ring substituents is 2. The molecule has 0 radical (unpaired) electrons. The van der Waals surface area contributed by atoms with E-state index in [4.69, 9.17) is 24.8 Å². The molecule has 0 fully saturated rings. The summed E-state index contributed by atoms with van der Waals surface area (Å²) in [4.78, 5) is 118. The summed E-state index contributed by atoms with van der Waals surface area (Å²) in [5.41, 5.74) is -0.288. The van der Waals surface area contributed by atoms with Crippen LogP contribution >= 0.6 is 34.0 Å². The van der Waals surface area contributed by atoms with Crippen LogP contribution < -0.4 is 37.9 Å². The second kappa shape index (κ2) is 56.3. The zero-order valence-electron chi connectivity index (χ0n) is 76.4. The molecule has 8 heterocycles. The minimum Gasteiger partial charge on any atom is -0.466 e. The summed E-state index contributed by atoms with van der Waals surface area (Å²) in [7, 11) is 0. The summed E-state index contributed by atoms with van der Waals surface area (Å²) in [6.07, 6.45) is -19.0. The molecule has 53 heteroatoms. The number of ether oxygens (including phenoxy) is 4. The van der Waals surface area contributed by atoms with E-state index in [1.165, 1.54) is 65.1 Å². The first-order chi connectivity index (χ1) is 65.6. The summed E-state index contributed by atoms with van der Waals surface area (Å²) >= 11 is 3.59. The predicted molar refractivity (Wildman–Crippen MR) is 518 cm³/mol. The number of rotatable bonds is 32. The number of esters is 1. The Bertz CT molecular complexity index is 5960. The van der Waals surface area contributed by atoms with Gasteiger partial charge in [-0.05, 0) is 215 Å². The van der Waals surface area contributed by atoms with Crippen molar-refractivity contribution in [1.29, 1.82) is 0 Å². The topological polar surface area (TPSA) is 470 Å². The lowest BCUT2D eigenvalue weighted by Crippen LogP contribution is -2.44. The van der Waals surface area contributed by atoms with E-state index >= 15 is 0 Å². The van der Waals surface area contributed by atoms with Crippen molar-refractivity contribution in [2.75, 3.05) is 11.9 Å².